The van der Waals surface area contributed by atoms with E-state index in [1.807, 2.05) is 0 Å². The minimum absolute atomic E-state index is 0.0237. The molecule has 0 amide bonds. The van der Waals surface area contributed by atoms with Crippen LogP contribution < -0.4 is 4.18 Å². The van der Waals surface area contributed by atoms with E-state index in [1.54, 1.807) is 37.3 Å². The molecule has 0 atom stereocenters. The number of benzene rings is 2. The predicted octanol–water partition coefficient (Wildman–Crippen LogP) is 3.81. The molecule has 0 spiro atoms. The Bertz CT molecular complexity index is 769. The fraction of sp³-hybridized carbons (Fsp3) is 0.133. The zero-order valence-corrected chi connectivity index (χ0v) is 13.6. The number of ketones is 1. The normalized spacial score (nSPS) is 11.1. The van der Waals surface area contributed by atoms with E-state index in [1.165, 1.54) is 18.2 Å². The number of Topliss-reactive ketones (excluding diaryl/α,β-unsaturated/α-hetero) is 1. The van der Waals surface area contributed by atoms with Gasteiger partial charge >= 0.3 is 10.1 Å². The summed E-state index contributed by atoms with van der Waals surface area (Å²) in [6, 6.07) is 12.5. The lowest BCUT2D eigenvalue weighted by Crippen LogP contribution is -2.12. The van der Waals surface area contributed by atoms with Gasteiger partial charge in [0.1, 0.15) is 4.90 Å². The van der Waals surface area contributed by atoms with Crippen LogP contribution in [-0.4, -0.2) is 14.2 Å². The van der Waals surface area contributed by atoms with Gasteiger partial charge < -0.3 is 4.18 Å². The summed E-state index contributed by atoms with van der Waals surface area (Å²) in [5.74, 6) is -0.126. The van der Waals surface area contributed by atoms with Crippen molar-refractivity contribution < 1.29 is 17.4 Å². The molecule has 0 aliphatic heterocycles. The first-order chi connectivity index (χ1) is 9.94. The van der Waals surface area contributed by atoms with Crippen LogP contribution in [0.3, 0.4) is 0 Å². The van der Waals surface area contributed by atoms with Crippen molar-refractivity contribution in [3.63, 3.8) is 0 Å². The Balaban J connectivity index is 2.40. The van der Waals surface area contributed by atoms with Crippen molar-refractivity contribution in [2.24, 2.45) is 0 Å². The molecule has 21 heavy (non-hydrogen) atoms. The molecular formula is C15H13BrO4S. The van der Waals surface area contributed by atoms with Crippen molar-refractivity contribution in [1.29, 1.82) is 0 Å². The van der Waals surface area contributed by atoms with E-state index >= 15 is 0 Å². The SMILES string of the molecule is CCC(=O)c1ccccc1OS(=O)(=O)c1cccc(Br)c1. The highest BCUT2D eigenvalue weighted by Crippen LogP contribution is 2.25. The minimum Gasteiger partial charge on any atom is -0.378 e. The first-order valence-electron chi connectivity index (χ1n) is 6.26. The number of halogens is 1. The van der Waals surface area contributed by atoms with Crippen molar-refractivity contribution in [2.45, 2.75) is 18.2 Å². The van der Waals surface area contributed by atoms with Crippen molar-refractivity contribution in [2.75, 3.05) is 0 Å². The molecule has 4 nitrogen and oxygen atoms in total. The van der Waals surface area contributed by atoms with Gasteiger partial charge in [-0.3, -0.25) is 4.79 Å². The topological polar surface area (TPSA) is 60.4 Å². The summed E-state index contributed by atoms with van der Waals surface area (Å²) in [7, 11) is -3.98. The smallest absolute Gasteiger partial charge is 0.339 e. The Labute approximate surface area is 132 Å². The Kier molecular flexibility index (Phi) is 4.80. The van der Waals surface area contributed by atoms with E-state index in [9.17, 15) is 13.2 Å². The molecule has 110 valence electrons. The third kappa shape index (κ3) is 3.71. The summed E-state index contributed by atoms with van der Waals surface area (Å²) in [6.45, 7) is 1.71. The molecule has 0 unspecified atom stereocenters. The molecule has 0 bridgehead atoms. The van der Waals surface area contributed by atoms with Crippen LogP contribution in [0.1, 0.15) is 23.7 Å². The van der Waals surface area contributed by atoms with E-state index in [4.69, 9.17) is 4.18 Å². The molecule has 0 aliphatic carbocycles. The maximum absolute atomic E-state index is 12.3. The second-order valence-corrected chi connectivity index (χ2v) is 6.73. The third-order valence-corrected chi connectivity index (χ3v) is 4.52. The molecule has 0 saturated heterocycles. The third-order valence-electron chi connectivity index (χ3n) is 2.79. The summed E-state index contributed by atoms with van der Waals surface area (Å²) < 4.78 is 30.3. The molecule has 2 aromatic rings. The van der Waals surface area contributed by atoms with E-state index in [0.29, 0.717) is 4.47 Å². The van der Waals surface area contributed by atoms with Crippen LogP contribution in [0.25, 0.3) is 0 Å². The van der Waals surface area contributed by atoms with Crippen LogP contribution in [0.5, 0.6) is 5.75 Å². The minimum atomic E-state index is -3.98. The Morgan fingerprint density at radius 3 is 2.52 bits per heavy atom. The highest BCUT2D eigenvalue weighted by Gasteiger charge is 2.20. The van der Waals surface area contributed by atoms with Crippen LogP contribution in [0.2, 0.25) is 0 Å². The van der Waals surface area contributed by atoms with Gasteiger partial charge in [0.15, 0.2) is 11.5 Å². The second-order valence-electron chi connectivity index (χ2n) is 4.27. The highest BCUT2D eigenvalue weighted by atomic mass is 79.9. The number of rotatable bonds is 5. The monoisotopic (exact) mass is 368 g/mol. The van der Waals surface area contributed by atoms with Crippen LogP contribution >= 0.6 is 15.9 Å². The number of hydrogen-bond donors (Lipinski definition) is 0. The molecule has 0 heterocycles. The summed E-state index contributed by atoms with van der Waals surface area (Å²) in [5, 5.41) is 0. The van der Waals surface area contributed by atoms with Crippen LogP contribution in [0.15, 0.2) is 57.9 Å². The Morgan fingerprint density at radius 2 is 1.86 bits per heavy atom. The molecule has 2 aromatic carbocycles. The van der Waals surface area contributed by atoms with Crippen LogP contribution in [-0.2, 0) is 10.1 Å². The zero-order chi connectivity index (χ0) is 15.5. The first kappa shape index (κ1) is 15.7. The zero-order valence-electron chi connectivity index (χ0n) is 11.2. The largest absolute Gasteiger partial charge is 0.378 e. The summed E-state index contributed by atoms with van der Waals surface area (Å²) in [4.78, 5) is 11.9. The molecular weight excluding hydrogens is 356 g/mol. The van der Waals surface area contributed by atoms with Crippen molar-refractivity contribution in [3.8, 4) is 5.75 Å². The van der Waals surface area contributed by atoms with Gasteiger partial charge in [0.05, 0.1) is 5.56 Å². The average molecular weight is 369 g/mol. The first-order valence-corrected chi connectivity index (χ1v) is 8.46. The summed E-state index contributed by atoms with van der Waals surface area (Å²) in [6.07, 6.45) is 0.275. The Hall–Kier alpha value is -1.66. The molecule has 0 aliphatic rings. The summed E-state index contributed by atoms with van der Waals surface area (Å²) >= 11 is 3.21. The highest BCUT2D eigenvalue weighted by molar-refractivity contribution is 9.10. The van der Waals surface area contributed by atoms with E-state index < -0.39 is 10.1 Å². The molecule has 2 rings (SSSR count). The van der Waals surface area contributed by atoms with E-state index in [0.717, 1.165) is 0 Å². The van der Waals surface area contributed by atoms with Crippen LogP contribution in [0.4, 0.5) is 0 Å². The fourth-order valence-corrected chi connectivity index (χ4v) is 3.29. The van der Waals surface area contributed by atoms with Gasteiger partial charge in [-0.15, -0.1) is 0 Å². The summed E-state index contributed by atoms with van der Waals surface area (Å²) in [5.41, 5.74) is 0.263. The second kappa shape index (κ2) is 6.41. The van der Waals surface area contributed by atoms with Gasteiger partial charge in [-0.1, -0.05) is 41.1 Å². The van der Waals surface area contributed by atoms with E-state index in [2.05, 4.69) is 15.9 Å². The fourth-order valence-electron chi connectivity index (χ4n) is 1.75. The van der Waals surface area contributed by atoms with Gasteiger partial charge in [0.2, 0.25) is 0 Å². The molecule has 0 aromatic heterocycles. The van der Waals surface area contributed by atoms with Crippen molar-refractivity contribution in [3.05, 3.63) is 58.6 Å². The van der Waals surface area contributed by atoms with E-state index in [-0.39, 0.29) is 28.4 Å². The molecule has 6 heteroatoms. The van der Waals surface area contributed by atoms with Crippen LogP contribution in [0, 0.1) is 0 Å². The standard InChI is InChI=1S/C15H13BrO4S/c1-2-14(17)13-8-3-4-9-15(13)20-21(18,19)12-7-5-6-11(16)10-12/h3-10H,2H2,1H3. The quantitative estimate of drug-likeness (QED) is 0.594. The number of carbonyl (C=O) groups excluding carboxylic acids is 1. The lowest BCUT2D eigenvalue weighted by molar-refractivity contribution is 0.0986. The number of para-hydroxylation sites is 1. The number of hydrogen-bond acceptors (Lipinski definition) is 4. The lowest BCUT2D eigenvalue weighted by Gasteiger charge is -2.10. The lowest BCUT2D eigenvalue weighted by atomic mass is 10.1. The van der Waals surface area contributed by atoms with Gasteiger partial charge in [0, 0.05) is 10.9 Å². The average Bonchev–Trinajstić information content (AvgIpc) is 2.46. The van der Waals surface area contributed by atoms with Crippen molar-refractivity contribution >= 4 is 31.8 Å². The van der Waals surface area contributed by atoms with Gasteiger partial charge in [-0.25, -0.2) is 0 Å². The maximum Gasteiger partial charge on any atom is 0.339 e. The molecule has 0 saturated carbocycles. The molecule has 0 radical (unpaired) electrons. The molecule has 0 N–H and O–H groups in total. The van der Waals surface area contributed by atoms with Gasteiger partial charge in [0.25, 0.3) is 0 Å². The Morgan fingerprint density at radius 1 is 1.14 bits per heavy atom. The van der Waals surface area contributed by atoms with Gasteiger partial charge in [-0.2, -0.15) is 8.42 Å². The predicted molar refractivity (Wildman–Crippen MR) is 83.0 cm³/mol. The maximum atomic E-state index is 12.3. The molecule has 0 fully saturated rings. The number of carbonyl (C=O) groups is 1. The van der Waals surface area contributed by atoms with Crippen molar-refractivity contribution in [1.82, 2.24) is 0 Å². The van der Waals surface area contributed by atoms with Gasteiger partial charge in [-0.05, 0) is 30.3 Å².